The van der Waals surface area contributed by atoms with Crippen LogP contribution in [-0.2, 0) is 0 Å². The second-order valence-corrected chi connectivity index (χ2v) is 4.50. The molecule has 3 heteroatoms. The van der Waals surface area contributed by atoms with Gasteiger partial charge in [-0.1, -0.05) is 30.3 Å². The lowest BCUT2D eigenvalue weighted by atomic mass is 10.1. The lowest BCUT2D eigenvalue weighted by molar-refractivity contribution is 0.475. The average molecular weight is 262 g/mol. The molecule has 0 radical (unpaired) electrons. The summed E-state index contributed by atoms with van der Waals surface area (Å²) in [6.45, 7) is 0. The summed E-state index contributed by atoms with van der Waals surface area (Å²) in [6.07, 6.45) is 3.60. The van der Waals surface area contributed by atoms with Crippen molar-refractivity contribution in [3.8, 4) is 16.9 Å². The molecule has 3 rings (SSSR count). The number of benzene rings is 2. The molecule has 0 bridgehead atoms. The number of aromatic hydroxyl groups is 1. The molecule has 3 aromatic rings. The van der Waals surface area contributed by atoms with Crippen LogP contribution in [0.4, 0.5) is 11.4 Å². The first-order valence-electron chi connectivity index (χ1n) is 6.38. The Morgan fingerprint density at radius 3 is 2.25 bits per heavy atom. The van der Waals surface area contributed by atoms with Gasteiger partial charge in [0, 0.05) is 17.4 Å². The van der Waals surface area contributed by atoms with Crippen molar-refractivity contribution in [1.82, 2.24) is 4.98 Å². The first-order valence-corrected chi connectivity index (χ1v) is 6.38. The summed E-state index contributed by atoms with van der Waals surface area (Å²) in [6, 6.07) is 19.1. The van der Waals surface area contributed by atoms with Crippen molar-refractivity contribution >= 4 is 11.4 Å². The number of hydrogen-bond donors (Lipinski definition) is 2. The number of phenols is 1. The zero-order chi connectivity index (χ0) is 13.8. The van der Waals surface area contributed by atoms with Crippen molar-refractivity contribution in [1.29, 1.82) is 0 Å². The third-order valence-corrected chi connectivity index (χ3v) is 3.00. The molecule has 2 N–H and O–H groups in total. The van der Waals surface area contributed by atoms with Crippen molar-refractivity contribution in [2.75, 3.05) is 5.32 Å². The fourth-order valence-electron chi connectivity index (χ4n) is 2.01. The topological polar surface area (TPSA) is 45.2 Å². The number of nitrogens with zero attached hydrogens (tertiary/aromatic N) is 1. The van der Waals surface area contributed by atoms with Crippen molar-refractivity contribution in [3.05, 3.63) is 73.1 Å². The van der Waals surface area contributed by atoms with Gasteiger partial charge in [0.15, 0.2) is 0 Å². The van der Waals surface area contributed by atoms with Crippen LogP contribution in [0.2, 0.25) is 0 Å². The van der Waals surface area contributed by atoms with E-state index < -0.39 is 0 Å². The highest BCUT2D eigenvalue weighted by Gasteiger charge is 2.01. The number of hydrogen-bond acceptors (Lipinski definition) is 3. The van der Waals surface area contributed by atoms with Gasteiger partial charge in [-0.25, -0.2) is 0 Å². The zero-order valence-corrected chi connectivity index (χ0v) is 10.8. The number of rotatable bonds is 3. The summed E-state index contributed by atoms with van der Waals surface area (Å²) in [5, 5.41) is 12.6. The molecule has 20 heavy (non-hydrogen) atoms. The quantitative estimate of drug-likeness (QED) is 0.743. The fraction of sp³-hybridized carbons (Fsp3) is 0. The largest absolute Gasteiger partial charge is 0.508 e. The van der Waals surface area contributed by atoms with E-state index in [4.69, 9.17) is 0 Å². The van der Waals surface area contributed by atoms with Gasteiger partial charge in [0.05, 0.1) is 11.9 Å². The summed E-state index contributed by atoms with van der Waals surface area (Å²) in [4.78, 5) is 4.25. The minimum absolute atomic E-state index is 0.264. The smallest absolute Gasteiger partial charge is 0.115 e. The maximum Gasteiger partial charge on any atom is 0.115 e. The van der Waals surface area contributed by atoms with Crippen LogP contribution in [0.3, 0.4) is 0 Å². The van der Waals surface area contributed by atoms with Crippen molar-refractivity contribution in [3.63, 3.8) is 0 Å². The normalized spacial score (nSPS) is 10.2. The molecule has 1 heterocycles. The lowest BCUT2D eigenvalue weighted by Crippen LogP contribution is -1.91. The van der Waals surface area contributed by atoms with Gasteiger partial charge in [-0.3, -0.25) is 4.98 Å². The van der Waals surface area contributed by atoms with Gasteiger partial charge in [0.2, 0.25) is 0 Å². The number of phenolic OH excluding ortho intramolecular Hbond substituents is 1. The van der Waals surface area contributed by atoms with Gasteiger partial charge in [0.1, 0.15) is 5.75 Å². The lowest BCUT2D eigenvalue weighted by Gasteiger charge is -2.08. The highest BCUT2D eigenvalue weighted by molar-refractivity contribution is 5.69. The molecule has 3 nitrogen and oxygen atoms in total. The monoisotopic (exact) mass is 262 g/mol. The van der Waals surface area contributed by atoms with E-state index >= 15 is 0 Å². The molecule has 0 saturated carbocycles. The number of para-hydroxylation sites is 1. The van der Waals surface area contributed by atoms with Gasteiger partial charge in [-0.2, -0.15) is 0 Å². The van der Waals surface area contributed by atoms with Crippen molar-refractivity contribution in [2.45, 2.75) is 0 Å². The van der Waals surface area contributed by atoms with Crippen LogP contribution < -0.4 is 5.32 Å². The van der Waals surface area contributed by atoms with Crippen LogP contribution in [-0.4, -0.2) is 10.1 Å². The van der Waals surface area contributed by atoms with Crippen molar-refractivity contribution < 1.29 is 5.11 Å². The van der Waals surface area contributed by atoms with Crippen LogP contribution in [0.5, 0.6) is 5.75 Å². The molecule has 0 saturated heterocycles. The predicted octanol–water partition coefficient (Wildman–Crippen LogP) is 4.20. The molecule has 98 valence electrons. The molecule has 0 atom stereocenters. The average Bonchev–Trinajstić information content (AvgIpc) is 2.49. The molecule has 0 aliphatic carbocycles. The Bertz CT molecular complexity index is 694. The maximum atomic E-state index is 9.33. The summed E-state index contributed by atoms with van der Waals surface area (Å²) in [7, 11) is 0. The Morgan fingerprint density at radius 1 is 0.750 bits per heavy atom. The molecule has 1 aromatic heterocycles. The summed E-state index contributed by atoms with van der Waals surface area (Å²) >= 11 is 0. The van der Waals surface area contributed by atoms with E-state index in [2.05, 4.69) is 10.3 Å². The van der Waals surface area contributed by atoms with Crippen LogP contribution in [0.25, 0.3) is 11.1 Å². The van der Waals surface area contributed by atoms with Crippen LogP contribution >= 0.6 is 0 Å². The van der Waals surface area contributed by atoms with Gasteiger partial charge in [0.25, 0.3) is 0 Å². The number of aromatic nitrogens is 1. The van der Waals surface area contributed by atoms with Crippen LogP contribution in [0.15, 0.2) is 73.1 Å². The zero-order valence-electron chi connectivity index (χ0n) is 10.8. The van der Waals surface area contributed by atoms with Gasteiger partial charge >= 0.3 is 0 Å². The molecule has 0 aliphatic heterocycles. The summed E-state index contributed by atoms with van der Waals surface area (Å²) in [5.41, 5.74) is 3.98. The molecular weight excluding hydrogens is 248 g/mol. The first-order chi connectivity index (χ1) is 9.81. The van der Waals surface area contributed by atoms with E-state index in [0.717, 1.165) is 22.5 Å². The Labute approximate surface area is 117 Å². The van der Waals surface area contributed by atoms with Gasteiger partial charge in [-0.05, 0) is 35.9 Å². The van der Waals surface area contributed by atoms with Crippen LogP contribution in [0.1, 0.15) is 0 Å². The molecule has 0 fully saturated rings. The molecule has 0 aliphatic rings. The Kier molecular flexibility index (Phi) is 3.33. The van der Waals surface area contributed by atoms with E-state index in [9.17, 15) is 5.11 Å². The van der Waals surface area contributed by atoms with Crippen molar-refractivity contribution in [2.24, 2.45) is 0 Å². The summed E-state index contributed by atoms with van der Waals surface area (Å²) in [5.74, 6) is 0.264. The Morgan fingerprint density at radius 2 is 1.50 bits per heavy atom. The molecule has 2 aromatic carbocycles. The minimum Gasteiger partial charge on any atom is -0.508 e. The highest BCUT2D eigenvalue weighted by Crippen LogP contribution is 2.24. The van der Waals surface area contributed by atoms with E-state index in [0.29, 0.717) is 0 Å². The number of pyridine rings is 1. The van der Waals surface area contributed by atoms with E-state index in [1.807, 2.05) is 54.7 Å². The first kappa shape index (κ1) is 12.2. The fourth-order valence-corrected chi connectivity index (χ4v) is 2.01. The number of nitrogens with one attached hydrogen (secondary N) is 1. The molecule has 0 amide bonds. The second kappa shape index (κ2) is 5.45. The molecular formula is C17H14N2O. The van der Waals surface area contributed by atoms with E-state index in [1.54, 1.807) is 18.3 Å². The van der Waals surface area contributed by atoms with Gasteiger partial charge < -0.3 is 10.4 Å². The van der Waals surface area contributed by atoms with E-state index in [1.165, 1.54) is 0 Å². The Hall–Kier alpha value is -2.81. The molecule has 0 spiro atoms. The third-order valence-electron chi connectivity index (χ3n) is 3.00. The standard InChI is InChI=1S/C17H14N2O/c20-17-8-6-13(7-9-17)14-10-16(12-18-11-14)19-15-4-2-1-3-5-15/h1-12,19-20H. The minimum atomic E-state index is 0.264. The number of anilines is 2. The van der Waals surface area contributed by atoms with E-state index in [-0.39, 0.29) is 5.75 Å². The highest BCUT2D eigenvalue weighted by atomic mass is 16.3. The summed E-state index contributed by atoms with van der Waals surface area (Å²) < 4.78 is 0. The van der Waals surface area contributed by atoms with Crippen LogP contribution in [0, 0.1) is 0 Å². The van der Waals surface area contributed by atoms with Gasteiger partial charge in [-0.15, -0.1) is 0 Å². The Balaban J connectivity index is 1.88. The predicted molar refractivity (Wildman–Crippen MR) is 81.1 cm³/mol. The second-order valence-electron chi connectivity index (χ2n) is 4.50. The molecule has 0 unspecified atom stereocenters. The SMILES string of the molecule is Oc1ccc(-c2cncc(Nc3ccccc3)c2)cc1. The third kappa shape index (κ3) is 2.78. The maximum absolute atomic E-state index is 9.33.